The average molecular weight is 142 g/mol. The van der Waals surface area contributed by atoms with E-state index in [2.05, 4.69) is 6.58 Å². The standard InChI is InChI=1S/C7H10O3/c1-5(2)6(8)3-4-7(9)10/h1,3-4H2,2H3,(H,9,10). The van der Waals surface area contributed by atoms with Crippen molar-refractivity contribution < 1.29 is 14.7 Å². The fourth-order valence-corrected chi connectivity index (χ4v) is 0.434. The van der Waals surface area contributed by atoms with Crippen molar-refractivity contribution in [3.63, 3.8) is 0 Å². The van der Waals surface area contributed by atoms with Gasteiger partial charge in [-0.1, -0.05) is 6.58 Å². The van der Waals surface area contributed by atoms with Crippen LogP contribution < -0.4 is 0 Å². The maximum atomic E-state index is 10.7. The Hall–Kier alpha value is -1.12. The van der Waals surface area contributed by atoms with E-state index in [9.17, 15) is 9.59 Å². The quantitative estimate of drug-likeness (QED) is 0.595. The van der Waals surface area contributed by atoms with Crippen molar-refractivity contribution in [3.05, 3.63) is 12.2 Å². The number of carbonyl (C=O) groups is 2. The molecule has 0 aromatic rings. The lowest BCUT2D eigenvalue weighted by atomic mass is 10.1. The number of hydrogen-bond acceptors (Lipinski definition) is 2. The smallest absolute Gasteiger partial charge is 0.303 e. The van der Waals surface area contributed by atoms with E-state index in [-0.39, 0.29) is 18.6 Å². The van der Waals surface area contributed by atoms with Gasteiger partial charge in [-0.25, -0.2) is 0 Å². The summed E-state index contributed by atoms with van der Waals surface area (Å²) < 4.78 is 0. The summed E-state index contributed by atoms with van der Waals surface area (Å²) in [4.78, 5) is 20.6. The van der Waals surface area contributed by atoms with Crippen LogP contribution in [0.2, 0.25) is 0 Å². The van der Waals surface area contributed by atoms with E-state index < -0.39 is 5.97 Å². The van der Waals surface area contributed by atoms with Crippen LogP contribution >= 0.6 is 0 Å². The van der Waals surface area contributed by atoms with E-state index in [1.165, 1.54) is 0 Å². The molecular weight excluding hydrogens is 132 g/mol. The van der Waals surface area contributed by atoms with Crippen LogP contribution in [-0.2, 0) is 9.59 Å². The van der Waals surface area contributed by atoms with Crippen molar-refractivity contribution in [3.8, 4) is 0 Å². The summed E-state index contributed by atoms with van der Waals surface area (Å²) in [5.41, 5.74) is 0.418. The molecule has 0 saturated carbocycles. The largest absolute Gasteiger partial charge is 0.481 e. The molecule has 0 spiro atoms. The predicted molar refractivity (Wildman–Crippen MR) is 36.7 cm³/mol. The van der Waals surface area contributed by atoms with Crippen molar-refractivity contribution in [1.82, 2.24) is 0 Å². The lowest BCUT2D eigenvalue weighted by molar-refractivity contribution is -0.138. The van der Waals surface area contributed by atoms with E-state index >= 15 is 0 Å². The summed E-state index contributed by atoms with van der Waals surface area (Å²) in [6, 6.07) is 0. The summed E-state index contributed by atoms with van der Waals surface area (Å²) in [7, 11) is 0. The Balaban J connectivity index is 3.60. The third-order valence-electron chi connectivity index (χ3n) is 1.04. The van der Waals surface area contributed by atoms with E-state index in [0.29, 0.717) is 5.57 Å². The zero-order valence-corrected chi connectivity index (χ0v) is 5.89. The Labute approximate surface area is 59.4 Å². The zero-order valence-electron chi connectivity index (χ0n) is 5.89. The monoisotopic (exact) mass is 142 g/mol. The third-order valence-corrected chi connectivity index (χ3v) is 1.04. The van der Waals surface area contributed by atoms with Crippen LogP contribution in [0.25, 0.3) is 0 Å². The lowest BCUT2D eigenvalue weighted by Gasteiger charge is -1.93. The van der Waals surface area contributed by atoms with Gasteiger partial charge in [0.2, 0.25) is 0 Å². The zero-order chi connectivity index (χ0) is 8.15. The molecule has 1 N–H and O–H groups in total. The Morgan fingerprint density at radius 3 is 2.20 bits per heavy atom. The number of Topliss-reactive ketones (excluding diaryl/α,β-unsaturated/α-hetero) is 1. The number of hydrogen-bond donors (Lipinski definition) is 1. The average Bonchev–Trinajstić information content (AvgIpc) is 1.82. The van der Waals surface area contributed by atoms with Gasteiger partial charge in [-0.05, 0) is 12.5 Å². The lowest BCUT2D eigenvalue weighted by Crippen LogP contribution is -2.03. The van der Waals surface area contributed by atoms with Gasteiger partial charge in [-0.2, -0.15) is 0 Å². The highest BCUT2D eigenvalue weighted by Crippen LogP contribution is 1.98. The highest BCUT2D eigenvalue weighted by molar-refractivity contribution is 5.95. The van der Waals surface area contributed by atoms with Crippen LogP contribution in [0.15, 0.2) is 12.2 Å². The number of aliphatic carboxylic acids is 1. The second-order valence-electron chi connectivity index (χ2n) is 2.10. The number of carbonyl (C=O) groups excluding carboxylic acids is 1. The maximum absolute atomic E-state index is 10.7. The topological polar surface area (TPSA) is 54.4 Å². The van der Waals surface area contributed by atoms with Crippen LogP contribution in [0.3, 0.4) is 0 Å². The van der Waals surface area contributed by atoms with Gasteiger partial charge < -0.3 is 5.11 Å². The van der Waals surface area contributed by atoms with Crippen molar-refractivity contribution in [2.24, 2.45) is 0 Å². The molecule has 0 aliphatic heterocycles. The first kappa shape index (κ1) is 8.88. The van der Waals surface area contributed by atoms with E-state index in [4.69, 9.17) is 5.11 Å². The second-order valence-corrected chi connectivity index (χ2v) is 2.10. The van der Waals surface area contributed by atoms with Gasteiger partial charge in [0.05, 0.1) is 6.42 Å². The molecule has 0 aromatic carbocycles. The number of carboxylic acid groups (broad SMARTS) is 1. The van der Waals surface area contributed by atoms with Crippen LogP contribution in [0.4, 0.5) is 0 Å². The Bertz CT molecular complexity index is 170. The third kappa shape index (κ3) is 3.83. The Kier molecular flexibility index (Phi) is 3.39. The minimum atomic E-state index is -0.949. The maximum Gasteiger partial charge on any atom is 0.303 e. The minimum absolute atomic E-state index is 0.0602. The number of ketones is 1. The van der Waals surface area contributed by atoms with Gasteiger partial charge in [0.1, 0.15) is 0 Å². The fraction of sp³-hybridized carbons (Fsp3) is 0.429. The Morgan fingerprint density at radius 1 is 1.40 bits per heavy atom. The van der Waals surface area contributed by atoms with Crippen molar-refractivity contribution in [1.29, 1.82) is 0 Å². The van der Waals surface area contributed by atoms with E-state index in [0.717, 1.165) is 0 Å². The molecule has 0 atom stereocenters. The van der Waals surface area contributed by atoms with Crippen LogP contribution in [0, 0.1) is 0 Å². The second kappa shape index (κ2) is 3.82. The molecule has 0 heterocycles. The molecular formula is C7H10O3. The molecule has 0 bridgehead atoms. The summed E-state index contributed by atoms with van der Waals surface area (Å²) >= 11 is 0. The molecule has 56 valence electrons. The first-order valence-corrected chi connectivity index (χ1v) is 2.94. The van der Waals surface area contributed by atoms with Crippen molar-refractivity contribution >= 4 is 11.8 Å². The summed E-state index contributed by atoms with van der Waals surface area (Å²) in [5.74, 6) is -1.13. The van der Waals surface area contributed by atoms with Gasteiger partial charge in [0.25, 0.3) is 0 Å². The molecule has 0 aromatic heterocycles. The van der Waals surface area contributed by atoms with Crippen LogP contribution in [0.5, 0.6) is 0 Å². The molecule has 0 unspecified atom stereocenters. The Morgan fingerprint density at radius 2 is 1.90 bits per heavy atom. The van der Waals surface area contributed by atoms with E-state index in [1.54, 1.807) is 6.92 Å². The molecule has 0 fully saturated rings. The van der Waals surface area contributed by atoms with Gasteiger partial charge in [-0.15, -0.1) is 0 Å². The molecule has 0 aliphatic rings. The fourth-order valence-electron chi connectivity index (χ4n) is 0.434. The summed E-state index contributed by atoms with van der Waals surface area (Å²) in [6.45, 7) is 4.96. The molecule has 0 radical (unpaired) electrons. The first-order chi connectivity index (χ1) is 4.54. The molecule has 0 aliphatic carbocycles. The molecule has 3 nitrogen and oxygen atoms in total. The van der Waals surface area contributed by atoms with Crippen LogP contribution in [0.1, 0.15) is 19.8 Å². The molecule has 0 rings (SSSR count). The molecule has 0 saturated heterocycles. The molecule has 0 amide bonds. The summed E-state index contributed by atoms with van der Waals surface area (Å²) in [5, 5.41) is 8.16. The SMILES string of the molecule is C=C(C)C(=O)CCC(=O)O. The van der Waals surface area contributed by atoms with Gasteiger partial charge in [-0.3, -0.25) is 9.59 Å². The molecule has 3 heteroatoms. The van der Waals surface area contributed by atoms with E-state index in [1.807, 2.05) is 0 Å². The number of allylic oxidation sites excluding steroid dienone is 1. The number of rotatable bonds is 4. The highest BCUT2D eigenvalue weighted by atomic mass is 16.4. The van der Waals surface area contributed by atoms with Crippen molar-refractivity contribution in [2.75, 3.05) is 0 Å². The van der Waals surface area contributed by atoms with Crippen LogP contribution in [-0.4, -0.2) is 16.9 Å². The van der Waals surface area contributed by atoms with Gasteiger partial charge in [0.15, 0.2) is 5.78 Å². The number of carboxylic acids is 1. The minimum Gasteiger partial charge on any atom is -0.481 e. The molecule has 10 heavy (non-hydrogen) atoms. The van der Waals surface area contributed by atoms with Crippen molar-refractivity contribution in [2.45, 2.75) is 19.8 Å². The summed E-state index contributed by atoms with van der Waals surface area (Å²) in [6.07, 6.45) is -0.0453. The predicted octanol–water partition coefficient (Wildman–Crippen LogP) is 0.996. The highest BCUT2D eigenvalue weighted by Gasteiger charge is 2.04. The van der Waals surface area contributed by atoms with Gasteiger partial charge >= 0.3 is 5.97 Å². The normalized spacial score (nSPS) is 8.90. The first-order valence-electron chi connectivity index (χ1n) is 2.94. The van der Waals surface area contributed by atoms with Gasteiger partial charge in [0, 0.05) is 6.42 Å².